The van der Waals surface area contributed by atoms with E-state index in [0.29, 0.717) is 13.2 Å². The fourth-order valence-corrected chi connectivity index (χ4v) is 1.66. The third-order valence-corrected chi connectivity index (χ3v) is 2.31. The highest BCUT2D eigenvalue weighted by Crippen LogP contribution is 2.37. The van der Waals surface area contributed by atoms with E-state index in [-0.39, 0.29) is 6.04 Å². The van der Waals surface area contributed by atoms with Gasteiger partial charge in [0.15, 0.2) is 11.5 Å². The first kappa shape index (κ1) is 9.34. The van der Waals surface area contributed by atoms with Crippen molar-refractivity contribution < 1.29 is 9.47 Å². The molecule has 1 atom stereocenters. The lowest BCUT2D eigenvalue weighted by Crippen LogP contribution is -2.18. The van der Waals surface area contributed by atoms with Crippen molar-refractivity contribution in [2.45, 2.75) is 19.9 Å². The zero-order valence-corrected chi connectivity index (χ0v) is 8.54. The Hall–Kier alpha value is -1.22. The summed E-state index contributed by atoms with van der Waals surface area (Å²) in [5.74, 6) is 1.64. The maximum Gasteiger partial charge on any atom is 0.166 e. The predicted octanol–water partition coefficient (Wildman–Crippen LogP) is 1.79. The van der Waals surface area contributed by atoms with Gasteiger partial charge >= 0.3 is 0 Å². The van der Waals surface area contributed by atoms with E-state index in [4.69, 9.17) is 15.2 Å². The van der Waals surface area contributed by atoms with Gasteiger partial charge in [0, 0.05) is 11.6 Å². The summed E-state index contributed by atoms with van der Waals surface area (Å²) in [5, 5.41) is 0. The highest BCUT2D eigenvalue weighted by Gasteiger charge is 2.18. The fraction of sp³-hybridized carbons (Fsp3) is 0.455. The topological polar surface area (TPSA) is 44.5 Å². The molecule has 3 nitrogen and oxygen atoms in total. The number of hydrogen-bond donors (Lipinski definition) is 1. The van der Waals surface area contributed by atoms with E-state index in [2.05, 4.69) is 6.07 Å². The third-order valence-electron chi connectivity index (χ3n) is 2.31. The molecule has 0 radical (unpaired) electrons. The molecule has 3 heteroatoms. The summed E-state index contributed by atoms with van der Waals surface area (Å²) < 4.78 is 11.1. The second-order valence-electron chi connectivity index (χ2n) is 3.67. The van der Waals surface area contributed by atoms with Gasteiger partial charge < -0.3 is 15.2 Å². The van der Waals surface area contributed by atoms with E-state index in [9.17, 15) is 0 Å². The second-order valence-corrected chi connectivity index (χ2v) is 3.67. The van der Waals surface area contributed by atoms with Crippen LogP contribution in [-0.2, 0) is 0 Å². The van der Waals surface area contributed by atoms with Gasteiger partial charge in [-0.3, -0.25) is 0 Å². The first-order valence-electron chi connectivity index (χ1n) is 4.84. The molecule has 0 aromatic heterocycles. The highest BCUT2D eigenvalue weighted by atomic mass is 16.6. The van der Waals surface area contributed by atoms with Crippen LogP contribution in [0.3, 0.4) is 0 Å². The lowest BCUT2D eigenvalue weighted by molar-refractivity contribution is 0.169. The molecular formula is C11H15NO2. The molecule has 76 valence electrons. The lowest BCUT2D eigenvalue weighted by Gasteiger charge is -2.23. The summed E-state index contributed by atoms with van der Waals surface area (Å²) in [6.07, 6.45) is 0. The molecule has 1 aromatic carbocycles. The molecule has 14 heavy (non-hydrogen) atoms. The van der Waals surface area contributed by atoms with E-state index in [1.165, 1.54) is 0 Å². The zero-order valence-electron chi connectivity index (χ0n) is 8.54. The quantitative estimate of drug-likeness (QED) is 0.739. The van der Waals surface area contributed by atoms with Crippen molar-refractivity contribution in [2.24, 2.45) is 5.73 Å². The molecule has 0 fully saturated rings. The average Bonchev–Trinajstić information content (AvgIpc) is 2.16. The van der Waals surface area contributed by atoms with Crippen LogP contribution in [0.4, 0.5) is 0 Å². The molecule has 0 saturated carbocycles. The summed E-state index contributed by atoms with van der Waals surface area (Å²) in [6.45, 7) is 5.21. The van der Waals surface area contributed by atoms with Gasteiger partial charge in [-0.2, -0.15) is 0 Å². The van der Waals surface area contributed by atoms with Crippen molar-refractivity contribution in [3.8, 4) is 11.5 Å². The number of nitrogens with two attached hydrogens (primary N) is 1. The van der Waals surface area contributed by atoms with Crippen molar-refractivity contribution in [1.82, 2.24) is 0 Å². The first-order chi connectivity index (χ1) is 6.68. The van der Waals surface area contributed by atoms with Crippen molar-refractivity contribution in [1.29, 1.82) is 0 Å². The van der Waals surface area contributed by atoms with Crippen LogP contribution in [0.1, 0.15) is 24.1 Å². The number of hydrogen-bond acceptors (Lipinski definition) is 3. The minimum Gasteiger partial charge on any atom is -0.486 e. The molecule has 1 unspecified atom stereocenters. The monoisotopic (exact) mass is 193 g/mol. The standard InChI is InChI=1S/C11H15NO2/c1-7-5-9(8(2)12)11-10(6-7)13-3-4-14-11/h5-6,8H,3-4,12H2,1-2H3. The van der Waals surface area contributed by atoms with Gasteiger partial charge in [-0.1, -0.05) is 6.07 Å². The molecule has 1 aliphatic rings. The zero-order chi connectivity index (χ0) is 10.1. The summed E-state index contributed by atoms with van der Waals surface area (Å²) >= 11 is 0. The van der Waals surface area contributed by atoms with Crippen LogP contribution >= 0.6 is 0 Å². The SMILES string of the molecule is Cc1cc2c(c(C(C)N)c1)OCCO2. The van der Waals surface area contributed by atoms with E-state index in [1.54, 1.807) is 0 Å². The predicted molar refractivity (Wildman–Crippen MR) is 54.8 cm³/mol. The van der Waals surface area contributed by atoms with Gasteiger partial charge in [0.05, 0.1) is 0 Å². The number of benzene rings is 1. The van der Waals surface area contributed by atoms with Gasteiger partial charge in [0.25, 0.3) is 0 Å². The van der Waals surface area contributed by atoms with Gasteiger partial charge in [0.1, 0.15) is 13.2 Å². The number of rotatable bonds is 1. The van der Waals surface area contributed by atoms with Crippen LogP contribution in [0, 0.1) is 6.92 Å². The Morgan fingerprint density at radius 3 is 2.71 bits per heavy atom. The summed E-state index contributed by atoms with van der Waals surface area (Å²) in [7, 11) is 0. The maximum atomic E-state index is 5.87. The smallest absolute Gasteiger partial charge is 0.166 e. The molecule has 2 rings (SSSR count). The first-order valence-corrected chi connectivity index (χ1v) is 4.84. The van der Waals surface area contributed by atoms with Crippen LogP contribution in [0.5, 0.6) is 11.5 Å². The summed E-state index contributed by atoms with van der Waals surface area (Å²) in [6, 6.07) is 4.02. The fourth-order valence-electron chi connectivity index (χ4n) is 1.66. The van der Waals surface area contributed by atoms with Crippen LogP contribution in [0.25, 0.3) is 0 Å². The largest absolute Gasteiger partial charge is 0.486 e. The Kier molecular flexibility index (Phi) is 2.33. The Bertz CT molecular complexity index is 347. The van der Waals surface area contributed by atoms with E-state index in [1.807, 2.05) is 19.9 Å². The Morgan fingerprint density at radius 2 is 2.00 bits per heavy atom. The minimum absolute atomic E-state index is 0.0228. The van der Waals surface area contributed by atoms with E-state index in [0.717, 1.165) is 22.6 Å². The molecule has 0 bridgehead atoms. The normalized spacial score (nSPS) is 16.5. The molecular weight excluding hydrogens is 178 g/mol. The van der Waals surface area contributed by atoms with Crippen molar-refractivity contribution >= 4 is 0 Å². The van der Waals surface area contributed by atoms with Crippen molar-refractivity contribution in [2.75, 3.05) is 13.2 Å². The maximum absolute atomic E-state index is 5.87. The Balaban J connectivity index is 2.52. The molecule has 0 amide bonds. The van der Waals surface area contributed by atoms with Crippen LogP contribution < -0.4 is 15.2 Å². The molecule has 0 spiro atoms. The molecule has 1 aromatic rings. The van der Waals surface area contributed by atoms with Crippen LogP contribution in [0.15, 0.2) is 12.1 Å². The Labute approximate surface area is 83.8 Å². The minimum atomic E-state index is -0.0228. The van der Waals surface area contributed by atoms with Crippen molar-refractivity contribution in [3.63, 3.8) is 0 Å². The van der Waals surface area contributed by atoms with Gasteiger partial charge in [0.2, 0.25) is 0 Å². The third kappa shape index (κ3) is 1.55. The molecule has 0 saturated heterocycles. The van der Waals surface area contributed by atoms with E-state index >= 15 is 0 Å². The van der Waals surface area contributed by atoms with Gasteiger partial charge in [-0.25, -0.2) is 0 Å². The highest BCUT2D eigenvalue weighted by molar-refractivity contribution is 5.51. The molecule has 0 aliphatic carbocycles. The Morgan fingerprint density at radius 1 is 1.29 bits per heavy atom. The van der Waals surface area contributed by atoms with Crippen LogP contribution in [-0.4, -0.2) is 13.2 Å². The molecule has 1 aliphatic heterocycles. The van der Waals surface area contributed by atoms with Crippen LogP contribution in [0.2, 0.25) is 0 Å². The second kappa shape index (κ2) is 3.50. The summed E-state index contributed by atoms with van der Waals surface area (Å²) in [4.78, 5) is 0. The summed E-state index contributed by atoms with van der Waals surface area (Å²) in [5.41, 5.74) is 8.05. The number of ether oxygens (including phenoxy) is 2. The van der Waals surface area contributed by atoms with Gasteiger partial charge in [-0.15, -0.1) is 0 Å². The molecule has 1 heterocycles. The number of aryl methyl sites for hydroxylation is 1. The van der Waals surface area contributed by atoms with Gasteiger partial charge in [-0.05, 0) is 25.5 Å². The molecule has 2 N–H and O–H groups in total. The average molecular weight is 193 g/mol. The van der Waals surface area contributed by atoms with Crippen molar-refractivity contribution in [3.05, 3.63) is 23.3 Å². The number of fused-ring (bicyclic) bond motifs is 1. The van der Waals surface area contributed by atoms with E-state index < -0.39 is 0 Å². The lowest BCUT2D eigenvalue weighted by atomic mass is 10.0.